The molecular weight excluding hydrogens is 336 g/mol. The van der Waals surface area contributed by atoms with Crippen molar-refractivity contribution in [3.8, 4) is 0 Å². The quantitative estimate of drug-likeness (QED) is 0.835. The average Bonchev–Trinajstić information content (AvgIpc) is 2.66. The maximum atomic E-state index is 12.5. The standard InChI is InChI=1S/C18H26N4O4/c1-13-8-15(17(23)24)12-22(11-13)18(25)20-10-14-2-3-19-16(9-14)21-4-6-26-7-5-21/h2-3,9,13,15H,4-8,10-12H2,1H3,(H,20,25)(H,23,24). The summed E-state index contributed by atoms with van der Waals surface area (Å²) >= 11 is 0. The van der Waals surface area contributed by atoms with Crippen LogP contribution in [-0.4, -0.2) is 66.4 Å². The molecule has 2 fully saturated rings. The lowest BCUT2D eigenvalue weighted by molar-refractivity contribution is -0.143. The van der Waals surface area contributed by atoms with Gasteiger partial charge in [0.15, 0.2) is 0 Å². The molecule has 2 N–H and O–H groups in total. The van der Waals surface area contributed by atoms with Gasteiger partial charge < -0.3 is 25.0 Å². The van der Waals surface area contributed by atoms with Crippen LogP contribution in [0.3, 0.4) is 0 Å². The van der Waals surface area contributed by atoms with Crippen molar-refractivity contribution < 1.29 is 19.4 Å². The second-order valence-corrected chi connectivity index (χ2v) is 7.06. The van der Waals surface area contributed by atoms with E-state index in [1.807, 2.05) is 19.1 Å². The normalized spacial score (nSPS) is 23.6. The number of urea groups is 1. The minimum Gasteiger partial charge on any atom is -0.481 e. The molecule has 0 spiro atoms. The molecule has 0 aliphatic carbocycles. The highest BCUT2D eigenvalue weighted by Gasteiger charge is 2.31. The van der Waals surface area contributed by atoms with Gasteiger partial charge in [-0.15, -0.1) is 0 Å². The van der Waals surface area contributed by atoms with Gasteiger partial charge in [0, 0.05) is 38.9 Å². The number of rotatable bonds is 4. The first-order chi connectivity index (χ1) is 12.5. The van der Waals surface area contributed by atoms with E-state index in [4.69, 9.17) is 4.74 Å². The molecule has 0 bridgehead atoms. The van der Waals surface area contributed by atoms with E-state index in [1.54, 1.807) is 11.1 Å². The number of piperidine rings is 1. The number of hydrogen-bond acceptors (Lipinski definition) is 5. The third-order valence-electron chi connectivity index (χ3n) is 4.88. The second kappa shape index (κ2) is 8.35. The molecule has 26 heavy (non-hydrogen) atoms. The Labute approximate surface area is 153 Å². The second-order valence-electron chi connectivity index (χ2n) is 7.06. The van der Waals surface area contributed by atoms with Gasteiger partial charge in [-0.05, 0) is 30.0 Å². The molecule has 0 saturated carbocycles. The number of carbonyl (C=O) groups excluding carboxylic acids is 1. The number of carboxylic acid groups (broad SMARTS) is 1. The van der Waals surface area contributed by atoms with Crippen molar-refractivity contribution in [2.45, 2.75) is 19.9 Å². The van der Waals surface area contributed by atoms with E-state index in [2.05, 4.69) is 15.2 Å². The molecule has 3 rings (SSSR count). The Morgan fingerprint density at radius 1 is 1.35 bits per heavy atom. The maximum Gasteiger partial charge on any atom is 0.317 e. The molecule has 2 atom stereocenters. The van der Waals surface area contributed by atoms with E-state index >= 15 is 0 Å². The lowest BCUT2D eigenvalue weighted by Crippen LogP contribution is -2.49. The number of carbonyl (C=O) groups is 2. The number of aromatic nitrogens is 1. The van der Waals surface area contributed by atoms with Gasteiger partial charge in [-0.2, -0.15) is 0 Å². The molecule has 1 aromatic heterocycles. The summed E-state index contributed by atoms with van der Waals surface area (Å²) in [5.41, 5.74) is 0.967. The molecular formula is C18H26N4O4. The van der Waals surface area contributed by atoms with Crippen LogP contribution in [0.5, 0.6) is 0 Å². The van der Waals surface area contributed by atoms with Gasteiger partial charge in [0.05, 0.1) is 19.1 Å². The highest BCUT2D eigenvalue weighted by Crippen LogP contribution is 2.22. The van der Waals surface area contributed by atoms with Crippen molar-refractivity contribution in [2.75, 3.05) is 44.3 Å². The molecule has 2 amide bonds. The number of hydrogen-bond donors (Lipinski definition) is 2. The Morgan fingerprint density at radius 3 is 2.85 bits per heavy atom. The number of likely N-dealkylation sites (tertiary alicyclic amines) is 1. The SMILES string of the molecule is CC1CC(C(=O)O)CN(C(=O)NCc2ccnc(N3CCOCC3)c2)C1. The summed E-state index contributed by atoms with van der Waals surface area (Å²) in [6, 6.07) is 3.64. The summed E-state index contributed by atoms with van der Waals surface area (Å²) in [5.74, 6) is -0.251. The number of morpholine rings is 1. The molecule has 2 aliphatic rings. The molecule has 142 valence electrons. The molecule has 2 aliphatic heterocycles. The van der Waals surface area contributed by atoms with Crippen LogP contribution < -0.4 is 10.2 Å². The van der Waals surface area contributed by atoms with Crippen molar-refractivity contribution in [3.05, 3.63) is 23.9 Å². The average molecular weight is 362 g/mol. The van der Waals surface area contributed by atoms with Gasteiger partial charge in [-0.1, -0.05) is 6.92 Å². The molecule has 2 saturated heterocycles. The van der Waals surface area contributed by atoms with E-state index in [0.29, 0.717) is 32.7 Å². The van der Waals surface area contributed by atoms with E-state index in [1.165, 1.54) is 0 Å². The fourth-order valence-electron chi connectivity index (χ4n) is 3.52. The van der Waals surface area contributed by atoms with Crippen molar-refractivity contribution in [3.63, 3.8) is 0 Å². The molecule has 3 heterocycles. The van der Waals surface area contributed by atoms with Gasteiger partial charge >= 0.3 is 12.0 Å². The lowest BCUT2D eigenvalue weighted by atomic mass is 9.91. The highest BCUT2D eigenvalue weighted by atomic mass is 16.5. The van der Waals surface area contributed by atoms with E-state index < -0.39 is 11.9 Å². The number of anilines is 1. The lowest BCUT2D eigenvalue weighted by Gasteiger charge is -2.34. The molecule has 0 aromatic carbocycles. The summed E-state index contributed by atoms with van der Waals surface area (Å²) in [6.45, 7) is 6.23. The molecule has 0 radical (unpaired) electrons. The van der Waals surface area contributed by atoms with Crippen molar-refractivity contribution in [1.82, 2.24) is 15.2 Å². The third-order valence-corrected chi connectivity index (χ3v) is 4.88. The zero-order valence-electron chi connectivity index (χ0n) is 15.1. The van der Waals surface area contributed by atoms with E-state index in [0.717, 1.165) is 24.5 Å². The Hall–Kier alpha value is -2.35. The number of pyridine rings is 1. The van der Waals surface area contributed by atoms with Crippen LogP contribution in [0, 0.1) is 11.8 Å². The largest absolute Gasteiger partial charge is 0.481 e. The number of nitrogens with one attached hydrogen (secondary N) is 1. The van der Waals surface area contributed by atoms with Crippen LogP contribution in [0.4, 0.5) is 10.6 Å². The first-order valence-electron chi connectivity index (χ1n) is 9.06. The van der Waals surface area contributed by atoms with Crippen LogP contribution in [-0.2, 0) is 16.1 Å². The van der Waals surface area contributed by atoms with Crippen molar-refractivity contribution >= 4 is 17.8 Å². The van der Waals surface area contributed by atoms with Crippen LogP contribution >= 0.6 is 0 Å². The number of aliphatic carboxylic acids is 1. The Morgan fingerprint density at radius 2 is 2.12 bits per heavy atom. The predicted molar refractivity (Wildman–Crippen MR) is 96.0 cm³/mol. The smallest absolute Gasteiger partial charge is 0.317 e. The zero-order valence-corrected chi connectivity index (χ0v) is 15.1. The number of carboxylic acids is 1. The van der Waals surface area contributed by atoms with Gasteiger partial charge in [-0.25, -0.2) is 9.78 Å². The number of amides is 2. The van der Waals surface area contributed by atoms with Crippen molar-refractivity contribution in [2.24, 2.45) is 11.8 Å². The maximum absolute atomic E-state index is 12.5. The Balaban J connectivity index is 1.56. The number of nitrogens with zero attached hydrogens (tertiary/aromatic N) is 3. The van der Waals surface area contributed by atoms with Crippen LogP contribution in [0.15, 0.2) is 18.3 Å². The summed E-state index contributed by atoms with van der Waals surface area (Å²) in [6.07, 6.45) is 2.36. The molecule has 8 nitrogen and oxygen atoms in total. The predicted octanol–water partition coefficient (Wildman–Crippen LogP) is 1.17. The minimum absolute atomic E-state index is 0.185. The van der Waals surface area contributed by atoms with Gasteiger partial charge in [0.1, 0.15) is 5.82 Å². The highest BCUT2D eigenvalue weighted by molar-refractivity contribution is 5.76. The zero-order chi connectivity index (χ0) is 18.5. The van der Waals surface area contributed by atoms with Crippen LogP contribution in [0.25, 0.3) is 0 Å². The topological polar surface area (TPSA) is 95.0 Å². The third kappa shape index (κ3) is 4.63. The summed E-state index contributed by atoms with van der Waals surface area (Å²) < 4.78 is 5.36. The minimum atomic E-state index is -0.835. The van der Waals surface area contributed by atoms with Gasteiger partial charge in [0.2, 0.25) is 0 Å². The van der Waals surface area contributed by atoms with Gasteiger partial charge in [-0.3, -0.25) is 4.79 Å². The van der Waals surface area contributed by atoms with Gasteiger partial charge in [0.25, 0.3) is 0 Å². The first kappa shape index (κ1) is 18.4. The molecule has 2 unspecified atom stereocenters. The fourth-order valence-corrected chi connectivity index (χ4v) is 3.52. The van der Waals surface area contributed by atoms with E-state index in [-0.39, 0.29) is 18.5 Å². The molecule has 1 aromatic rings. The summed E-state index contributed by atoms with van der Waals surface area (Å²) in [7, 11) is 0. The summed E-state index contributed by atoms with van der Waals surface area (Å²) in [4.78, 5) is 31.9. The van der Waals surface area contributed by atoms with Crippen LogP contribution in [0.2, 0.25) is 0 Å². The molecule has 8 heteroatoms. The monoisotopic (exact) mass is 362 g/mol. The number of ether oxygens (including phenoxy) is 1. The first-order valence-corrected chi connectivity index (χ1v) is 9.06. The fraction of sp³-hybridized carbons (Fsp3) is 0.611. The summed E-state index contributed by atoms with van der Waals surface area (Å²) in [5, 5.41) is 12.1. The Kier molecular flexibility index (Phi) is 5.92. The van der Waals surface area contributed by atoms with E-state index in [9.17, 15) is 14.7 Å². The van der Waals surface area contributed by atoms with Crippen LogP contribution in [0.1, 0.15) is 18.9 Å². The van der Waals surface area contributed by atoms with Crippen molar-refractivity contribution in [1.29, 1.82) is 0 Å². The Bertz CT molecular complexity index is 648.